The maximum Gasteiger partial charge on any atom is 0.338 e. The van der Waals surface area contributed by atoms with Crippen molar-refractivity contribution in [3.8, 4) is 11.8 Å². The number of amides is 1. The van der Waals surface area contributed by atoms with Crippen LogP contribution >= 0.6 is 31.9 Å². The molecule has 0 heterocycles. The van der Waals surface area contributed by atoms with Crippen molar-refractivity contribution in [3.05, 3.63) is 97.9 Å². The number of anilines is 1. The molecule has 0 aliphatic rings. The molecule has 6 nitrogen and oxygen atoms in total. The van der Waals surface area contributed by atoms with Crippen LogP contribution < -0.4 is 10.1 Å². The van der Waals surface area contributed by atoms with Crippen LogP contribution in [-0.4, -0.2) is 18.5 Å². The van der Waals surface area contributed by atoms with E-state index in [0.717, 1.165) is 14.5 Å². The number of hydrogen-bond donors (Lipinski definition) is 1. The van der Waals surface area contributed by atoms with Gasteiger partial charge in [-0.2, -0.15) is 5.26 Å². The van der Waals surface area contributed by atoms with E-state index in [0.29, 0.717) is 29.2 Å². The van der Waals surface area contributed by atoms with Crippen molar-refractivity contribution in [2.45, 2.75) is 13.5 Å². The maximum atomic E-state index is 12.7. The van der Waals surface area contributed by atoms with E-state index in [1.165, 1.54) is 6.08 Å². The number of nitrogens with one attached hydrogen (secondary N) is 1. The van der Waals surface area contributed by atoms with Crippen LogP contribution in [-0.2, 0) is 16.1 Å². The second kappa shape index (κ2) is 12.2. The summed E-state index contributed by atoms with van der Waals surface area (Å²) in [4.78, 5) is 24.5. The van der Waals surface area contributed by atoms with Gasteiger partial charge in [0.15, 0.2) is 0 Å². The third kappa shape index (κ3) is 6.80. The molecule has 0 bridgehead atoms. The Bertz CT molecular complexity index is 1260. The number of hydrogen-bond acceptors (Lipinski definition) is 5. The fourth-order valence-electron chi connectivity index (χ4n) is 2.94. The van der Waals surface area contributed by atoms with Gasteiger partial charge in [-0.1, -0.05) is 50.1 Å². The van der Waals surface area contributed by atoms with Crippen molar-refractivity contribution in [2.75, 3.05) is 11.9 Å². The first kappa shape index (κ1) is 25.2. The van der Waals surface area contributed by atoms with E-state index in [4.69, 9.17) is 9.47 Å². The smallest absolute Gasteiger partial charge is 0.338 e. The molecule has 1 amide bonds. The summed E-state index contributed by atoms with van der Waals surface area (Å²) in [5, 5.41) is 12.3. The molecule has 0 aliphatic heterocycles. The van der Waals surface area contributed by atoms with Gasteiger partial charge in [0.2, 0.25) is 0 Å². The summed E-state index contributed by atoms with van der Waals surface area (Å²) in [7, 11) is 0. The first-order valence-electron chi connectivity index (χ1n) is 10.3. The average molecular weight is 584 g/mol. The van der Waals surface area contributed by atoms with Crippen LogP contribution in [0.4, 0.5) is 5.69 Å². The number of carbonyl (C=O) groups excluding carboxylic acids is 2. The molecule has 0 saturated carbocycles. The molecule has 0 fully saturated rings. The van der Waals surface area contributed by atoms with Crippen LogP contribution in [0.2, 0.25) is 0 Å². The molecule has 0 radical (unpaired) electrons. The second-order valence-electron chi connectivity index (χ2n) is 6.98. The molecule has 3 rings (SSSR count). The van der Waals surface area contributed by atoms with E-state index in [2.05, 4.69) is 37.2 Å². The highest BCUT2D eigenvalue weighted by Crippen LogP contribution is 2.28. The van der Waals surface area contributed by atoms with Crippen LogP contribution in [0.5, 0.6) is 5.75 Å². The zero-order chi connectivity index (χ0) is 24.5. The molecular formula is C26H20Br2N2O4. The number of rotatable bonds is 8. The lowest BCUT2D eigenvalue weighted by molar-refractivity contribution is -0.112. The van der Waals surface area contributed by atoms with E-state index in [9.17, 15) is 14.9 Å². The minimum atomic E-state index is -0.580. The first-order chi connectivity index (χ1) is 16.4. The van der Waals surface area contributed by atoms with Gasteiger partial charge < -0.3 is 14.8 Å². The molecule has 3 aromatic carbocycles. The van der Waals surface area contributed by atoms with Gasteiger partial charge in [0, 0.05) is 25.8 Å². The number of carbonyl (C=O) groups is 2. The number of esters is 1. The Labute approximate surface area is 214 Å². The zero-order valence-electron chi connectivity index (χ0n) is 18.2. The first-order valence-corrected chi connectivity index (χ1v) is 11.9. The van der Waals surface area contributed by atoms with Crippen molar-refractivity contribution in [1.82, 2.24) is 0 Å². The molecule has 1 N–H and O–H groups in total. The van der Waals surface area contributed by atoms with Crippen LogP contribution in [0.1, 0.15) is 28.4 Å². The molecule has 0 aromatic heterocycles. The largest absolute Gasteiger partial charge is 0.488 e. The molecule has 34 heavy (non-hydrogen) atoms. The molecule has 172 valence electrons. The van der Waals surface area contributed by atoms with E-state index >= 15 is 0 Å². The van der Waals surface area contributed by atoms with Gasteiger partial charge in [-0.25, -0.2) is 4.79 Å². The van der Waals surface area contributed by atoms with Gasteiger partial charge in [0.05, 0.1) is 12.2 Å². The van der Waals surface area contributed by atoms with Crippen molar-refractivity contribution in [3.63, 3.8) is 0 Å². The Hall–Kier alpha value is -3.41. The van der Waals surface area contributed by atoms with Crippen LogP contribution in [0.15, 0.2) is 81.2 Å². The summed E-state index contributed by atoms with van der Waals surface area (Å²) < 4.78 is 12.6. The highest BCUT2D eigenvalue weighted by atomic mass is 79.9. The number of nitrogens with zero attached hydrogens (tertiary/aromatic N) is 1. The highest BCUT2D eigenvalue weighted by molar-refractivity contribution is 9.10. The Morgan fingerprint density at radius 2 is 1.79 bits per heavy atom. The third-order valence-electron chi connectivity index (χ3n) is 4.63. The van der Waals surface area contributed by atoms with Gasteiger partial charge in [-0.3, -0.25) is 4.79 Å². The second-order valence-corrected chi connectivity index (χ2v) is 8.75. The average Bonchev–Trinajstić information content (AvgIpc) is 2.83. The van der Waals surface area contributed by atoms with Gasteiger partial charge in [0.25, 0.3) is 5.91 Å². The van der Waals surface area contributed by atoms with Gasteiger partial charge in [0.1, 0.15) is 24.0 Å². The Morgan fingerprint density at radius 3 is 2.47 bits per heavy atom. The molecular weight excluding hydrogens is 564 g/mol. The molecule has 0 aliphatic carbocycles. The summed E-state index contributed by atoms with van der Waals surface area (Å²) in [5.41, 5.74) is 2.25. The van der Waals surface area contributed by atoms with E-state index in [1.807, 2.05) is 36.4 Å². The fraction of sp³-hybridized carbons (Fsp3) is 0.115. The summed E-state index contributed by atoms with van der Waals surface area (Å²) >= 11 is 6.92. The minimum absolute atomic E-state index is 0.0988. The zero-order valence-corrected chi connectivity index (χ0v) is 21.4. The van der Waals surface area contributed by atoms with Crippen LogP contribution in [0, 0.1) is 11.3 Å². The van der Waals surface area contributed by atoms with Crippen molar-refractivity contribution < 1.29 is 19.1 Å². The SMILES string of the molecule is CCOC(=O)c1ccc(NC(=O)/C(C#N)=C/c2cc(Br)ccc2OCc2ccccc2Br)cc1. The molecule has 8 heteroatoms. The summed E-state index contributed by atoms with van der Waals surface area (Å²) in [5.74, 6) is -0.496. The number of halogens is 2. The summed E-state index contributed by atoms with van der Waals surface area (Å²) in [6.07, 6.45) is 1.47. The monoisotopic (exact) mass is 582 g/mol. The molecule has 3 aromatic rings. The number of nitriles is 1. The maximum absolute atomic E-state index is 12.7. The third-order valence-corrected chi connectivity index (χ3v) is 5.90. The summed E-state index contributed by atoms with van der Waals surface area (Å²) in [6, 6.07) is 21.3. The Balaban J connectivity index is 1.78. The molecule has 0 unspecified atom stereocenters. The predicted octanol–water partition coefficient (Wildman–Crippen LogP) is 6.51. The number of ether oxygens (including phenoxy) is 2. The molecule has 0 saturated heterocycles. The fourth-order valence-corrected chi connectivity index (χ4v) is 3.72. The topological polar surface area (TPSA) is 88.4 Å². The highest BCUT2D eigenvalue weighted by Gasteiger charge is 2.13. The van der Waals surface area contributed by atoms with E-state index in [-0.39, 0.29) is 12.2 Å². The number of benzene rings is 3. The standard InChI is InChI=1S/C26H20Br2N2O4/c1-2-33-26(32)17-7-10-22(11-8-17)30-25(31)20(15-29)13-19-14-21(27)9-12-24(19)34-16-18-5-3-4-6-23(18)28/h3-14H,2,16H2,1H3,(H,30,31)/b20-13+. The Morgan fingerprint density at radius 1 is 1.06 bits per heavy atom. The van der Waals surface area contributed by atoms with Crippen LogP contribution in [0.3, 0.4) is 0 Å². The lowest BCUT2D eigenvalue weighted by Crippen LogP contribution is -2.14. The molecule has 0 spiro atoms. The minimum Gasteiger partial charge on any atom is -0.488 e. The lowest BCUT2D eigenvalue weighted by Gasteiger charge is -2.12. The van der Waals surface area contributed by atoms with Gasteiger partial charge in [-0.05, 0) is 61.5 Å². The van der Waals surface area contributed by atoms with Crippen molar-refractivity contribution in [1.29, 1.82) is 5.26 Å². The normalized spacial score (nSPS) is 10.8. The van der Waals surface area contributed by atoms with E-state index < -0.39 is 11.9 Å². The van der Waals surface area contributed by atoms with Gasteiger partial charge >= 0.3 is 5.97 Å². The van der Waals surface area contributed by atoms with Crippen molar-refractivity contribution >= 4 is 55.5 Å². The van der Waals surface area contributed by atoms with Crippen LogP contribution in [0.25, 0.3) is 6.08 Å². The van der Waals surface area contributed by atoms with Crippen molar-refractivity contribution in [2.24, 2.45) is 0 Å². The van der Waals surface area contributed by atoms with Gasteiger partial charge in [-0.15, -0.1) is 0 Å². The predicted molar refractivity (Wildman–Crippen MR) is 137 cm³/mol. The Kier molecular flexibility index (Phi) is 9.02. The molecule has 0 atom stereocenters. The lowest BCUT2D eigenvalue weighted by atomic mass is 10.1. The quantitative estimate of drug-likeness (QED) is 0.185. The van der Waals surface area contributed by atoms with E-state index in [1.54, 1.807) is 43.3 Å². The summed E-state index contributed by atoms with van der Waals surface area (Å²) in [6.45, 7) is 2.31.